The summed E-state index contributed by atoms with van der Waals surface area (Å²) >= 11 is 0. The summed E-state index contributed by atoms with van der Waals surface area (Å²) in [6.45, 7) is 7.12. The third-order valence-corrected chi connectivity index (χ3v) is 4.64. The predicted octanol–water partition coefficient (Wildman–Crippen LogP) is 2.61. The Balaban J connectivity index is 1.68. The molecule has 1 aromatic rings. The Labute approximate surface area is 110 Å². The average molecular weight is 244 g/mol. The first kappa shape index (κ1) is 12.2. The van der Waals surface area contributed by atoms with Gasteiger partial charge in [-0.15, -0.1) is 0 Å². The molecule has 0 aromatic heterocycles. The normalized spacial score (nSPS) is 30.1. The molecule has 3 rings (SSSR count). The lowest BCUT2D eigenvalue weighted by Gasteiger charge is -2.44. The molecular formula is C16H24N2. The summed E-state index contributed by atoms with van der Waals surface area (Å²) in [5, 5.41) is 3.71. The molecule has 2 heteroatoms. The molecule has 0 radical (unpaired) electrons. The summed E-state index contributed by atoms with van der Waals surface area (Å²) in [5.74, 6) is 0.975. The molecule has 2 aliphatic rings. The maximum absolute atomic E-state index is 3.71. The van der Waals surface area contributed by atoms with Crippen LogP contribution >= 0.6 is 0 Å². The standard InChI is InChI=1S/C16H24N2/c1-16(15-8-3-2-4-9-15)13-18(11-10-17-16)12-14-6-5-7-14/h2-4,8-9,14,17H,5-7,10-13H2,1H3. The number of rotatable bonds is 3. The molecule has 0 bridgehead atoms. The molecule has 1 aromatic carbocycles. The van der Waals surface area contributed by atoms with Crippen LogP contribution in [0.5, 0.6) is 0 Å². The Hall–Kier alpha value is -0.860. The lowest BCUT2D eigenvalue weighted by Crippen LogP contribution is -2.57. The van der Waals surface area contributed by atoms with Gasteiger partial charge in [-0.05, 0) is 31.2 Å². The van der Waals surface area contributed by atoms with Gasteiger partial charge in [0, 0.05) is 26.2 Å². The van der Waals surface area contributed by atoms with Crippen LogP contribution in [0.2, 0.25) is 0 Å². The summed E-state index contributed by atoms with van der Waals surface area (Å²) in [6.07, 6.45) is 4.35. The summed E-state index contributed by atoms with van der Waals surface area (Å²) < 4.78 is 0. The maximum Gasteiger partial charge on any atom is 0.0535 e. The fourth-order valence-corrected chi connectivity index (χ4v) is 3.27. The van der Waals surface area contributed by atoms with Crippen LogP contribution in [-0.4, -0.2) is 31.1 Å². The zero-order chi connectivity index (χ0) is 12.4. The van der Waals surface area contributed by atoms with Crippen LogP contribution in [0, 0.1) is 5.92 Å². The molecule has 1 aliphatic heterocycles. The highest BCUT2D eigenvalue weighted by Crippen LogP contribution is 2.30. The quantitative estimate of drug-likeness (QED) is 0.879. The number of nitrogens with one attached hydrogen (secondary N) is 1. The van der Waals surface area contributed by atoms with Gasteiger partial charge in [0.25, 0.3) is 0 Å². The third kappa shape index (κ3) is 2.45. The summed E-state index contributed by atoms with van der Waals surface area (Å²) in [7, 11) is 0. The molecule has 18 heavy (non-hydrogen) atoms. The van der Waals surface area contributed by atoms with E-state index in [1.165, 1.54) is 37.9 Å². The van der Waals surface area contributed by atoms with Gasteiger partial charge in [0.1, 0.15) is 0 Å². The lowest BCUT2D eigenvalue weighted by atomic mass is 9.83. The van der Waals surface area contributed by atoms with Crippen LogP contribution < -0.4 is 5.32 Å². The van der Waals surface area contributed by atoms with Gasteiger partial charge in [-0.3, -0.25) is 4.90 Å². The Morgan fingerprint density at radius 2 is 2.06 bits per heavy atom. The molecule has 1 saturated heterocycles. The van der Waals surface area contributed by atoms with E-state index in [1.807, 2.05) is 0 Å². The number of piperazine rings is 1. The zero-order valence-corrected chi connectivity index (χ0v) is 11.4. The highest BCUT2D eigenvalue weighted by atomic mass is 15.2. The highest BCUT2D eigenvalue weighted by molar-refractivity contribution is 5.24. The van der Waals surface area contributed by atoms with Crippen molar-refractivity contribution in [3.8, 4) is 0 Å². The minimum Gasteiger partial charge on any atom is -0.305 e. The van der Waals surface area contributed by atoms with E-state index in [1.54, 1.807) is 0 Å². The predicted molar refractivity (Wildman–Crippen MR) is 75.6 cm³/mol. The molecule has 98 valence electrons. The van der Waals surface area contributed by atoms with Gasteiger partial charge in [0.15, 0.2) is 0 Å². The van der Waals surface area contributed by atoms with Crippen LogP contribution in [0.25, 0.3) is 0 Å². The molecule has 0 amide bonds. The van der Waals surface area contributed by atoms with E-state index in [0.717, 1.165) is 19.0 Å². The smallest absolute Gasteiger partial charge is 0.0535 e. The summed E-state index contributed by atoms with van der Waals surface area (Å²) in [5.41, 5.74) is 1.55. The Bertz CT molecular complexity index is 385. The molecular weight excluding hydrogens is 220 g/mol. The molecule has 1 unspecified atom stereocenters. The number of hydrogen-bond acceptors (Lipinski definition) is 2. The molecule has 2 fully saturated rings. The van der Waals surface area contributed by atoms with Crippen LogP contribution in [0.1, 0.15) is 31.7 Å². The van der Waals surface area contributed by atoms with Crippen LogP contribution in [0.3, 0.4) is 0 Å². The van der Waals surface area contributed by atoms with E-state index in [0.29, 0.717) is 0 Å². The fourth-order valence-electron chi connectivity index (χ4n) is 3.27. The highest BCUT2D eigenvalue weighted by Gasteiger charge is 2.33. The van der Waals surface area contributed by atoms with E-state index in [4.69, 9.17) is 0 Å². The van der Waals surface area contributed by atoms with Crippen molar-refractivity contribution in [1.82, 2.24) is 10.2 Å². The van der Waals surface area contributed by atoms with Crippen molar-refractivity contribution in [3.05, 3.63) is 35.9 Å². The van der Waals surface area contributed by atoms with Crippen molar-refractivity contribution in [1.29, 1.82) is 0 Å². The van der Waals surface area contributed by atoms with Crippen molar-refractivity contribution in [2.45, 2.75) is 31.7 Å². The van der Waals surface area contributed by atoms with E-state index in [-0.39, 0.29) is 5.54 Å². The minimum atomic E-state index is 0.128. The van der Waals surface area contributed by atoms with E-state index >= 15 is 0 Å². The number of nitrogens with zero attached hydrogens (tertiary/aromatic N) is 1. The number of hydrogen-bond donors (Lipinski definition) is 1. The zero-order valence-electron chi connectivity index (χ0n) is 11.4. The third-order valence-electron chi connectivity index (χ3n) is 4.64. The number of benzene rings is 1. The monoisotopic (exact) mass is 244 g/mol. The van der Waals surface area contributed by atoms with Gasteiger partial charge in [-0.2, -0.15) is 0 Å². The minimum absolute atomic E-state index is 0.128. The fraction of sp³-hybridized carbons (Fsp3) is 0.625. The van der Waals surface area contributed by atoms with Crippen molar-refractivity contribution in [2.75, 3.05) is 26.2 Å². The van der Waals surface area contributed by atoms with Crippen molar-refractivity contribution in [3.63, 3.8) is 0 Å². The first-order valence-electron chi connectivity index (χ1n) is 7.29. The van der Waals surface area contributed by atoms with Gasteiger partial charge in [-0.25, -0.2) is 0 Å². The Kier molecular flexibility index (Phi) is 3.40. The topological polar surface area (TPSA) is 15.3 Å². The van der Waals surface area contributed by atoms with Gasteiger partial charge >= 0.3 is 0 Å². The molecule has 1 saturated carbocycles. The van der Waals surface area contributed by atoms with Crippen LogP contribution in [0.15, 0.2) is 30.3 Å². The molecule has 0 spiro atoms. The van der Waals surface area contributed by atoms with Gasteiger partial charge < -0.3 is 5.32 Å². The second-order valence-corrected chi connectivity index (χ2v) is 6.16. The largest absolute Gasteiger partial charge is 0.305 e. The second kappa shape index (κ2) is 5.02. The molecule has 1 aliphatic carbocycles. The van der Waals surface area contributed by atoms with Crippen molar-refractivity contribution in [2.24, 2.45) is 5.92 Å². The van der Waals surface area contributed by atoms with Crippen LogP contribution in [0.4, 0.5) is 0 Å². The first-order chi connectivity index (χ1) is 8.76. The Morgan fingerprint density at radius 3 is 2.72 bits per heavy atom. The molecule has 1 atom stereocenters. The van der Waals surface area contributed by atoms with Gasteiger partial charge in [0.2, 0.25) is 0 Å². The Morgan fingerprint density at radius 1 is 1.28 bits per heavy atom. The van der Waals surface area contributed by atoms with Gasteiger partial charge in [0.05, 0.1) is 5.54 Å². The van der Waals surface area contributed by atoms with Gasteiger partial charge in [-0.1, -0.05) is 36.8 Å². The SMILES string of the molecule is CC1(c2ccccc2)CN(CC2CCC2)CCN1. The van der Waals surface area contributed by atoms with Crippen molar-refractivity contribution >= 4 is 0 Å². The van der Waals surface area contributed by atoms with Crippen molar-refractivity contribution < 1.29 is 0 Å². The second-order valence-electron chi connectivity index (χ2n) is 6.16. The summed E-state index contributed by atoms with van der Waals surface area (Å²) in [6, 6.07) is 10.9. The van der Waals surface area contributed by atoms with E-state index in [9.17, 15) is 0 Å². The lowest BCUT2D eigenvalue weighted by molar-refractivity contribution is 0.104. The van der Waals surface area contributed by atoms with Crippen LogP contribution in [-0.2, 0) is 5.54 Å². The first-order valence-corrected chi connectivity index (χ1v) is 7.29. The van der Waals surface area contributed by atoms with E-state index in [2.05, 4.69) is 47.5 Å². The maximum atomic E-state index is 3.71. The van der Waals surface area contributed by atoms with E-state index < -0.39 is 0 Å². The average Bonchev–Trinajstić information content (AvgIpc) is 2.35. The summed E-state index contributed by atoms with van der Waals surface area (Å²) in [4.78, 5) is 2.66. The molecule has 1 N–H and O–H groups in total. The molecule has 1 heterocycles. The molecule has 2 nitrogen and oxygen atoms in total.